The fraction of sp³-hybridized carbons (Fsp3) is 0.0714. The quantitative estimate of drug-likeness (QED) is 0.726. The van der Waals surface area contributed by atoms with E-state index >= 15 is 0 Å². The second-order valence-corrected chi connectivity index (χ2v) is 5.83. The summed E-state index contributed by atoms with van der Waals surface area (Å²) in [4.78, 5) is 0. The highest BCUT2D eigenvalue weighted by molar-refractivity contribution is 7.80. The van der Waals surface area contributed by atoms with E-state index in [1.54, 1.807) is 18.2 Å². The number of anilines is 1. The van der Waals surface area contributed by atoms with E-state index in [9.17, 15) is 4.39 Å². The second-order valence-electron chi connectivity index (χ2n) is 4.17. The SMILES string of the molecule is Fc1ccc(NC(=S)NCc2ccc(Cl)cc2Cl)cc1Cl. The van der Waals surface area contributed by atoms with E-state index in [1.165, 1.54) is 12.1 Å². The molecular formula is C14H10Cl3FN2S. The number of thiocarbonyl (C=S) groups is 1. The van der Waals surface area contributed by atoms with Crippen LogP contribution in [0.2, 0.25) is 15.1 Å². The van der Waals surface area contributed by atoms with Gasteiger partial charge in [0.25, 0.3) is 0 Å². The summed E-state index contributed by atoms with van der Waals surface area (Å²) < 4.78 is 13.0. The highest BCUT2D eigenvalue weighted by atomic mass is 35.5. The van der Waals surface area contributed by atoms with E-state index in [2.05, 4.69) is 10.6 Å². The van der Waals surface area contributed by atoms with Gasteiger partial charge in [-0.2, -0.15) is 0 Å². The minimum absolute atomic E-state index is 0.0311. The summed E-state index contributed by atoms with van der Waals surface area (Å²) in [5, 5.41) is 7.45. The number of hydrogen-bond acceptors (Lipinski definition) is 1. The molecule has 0 saturated carbocycles. The summed E-state index contributed by atoms with van der Waals surface area (Å²) >= 11 is 22.7. The van der Waals surface area contributed by atoms with Gasteiger partial charge in [-0.05, 0) is 48.1 Å². The van der Waals surface area contributed by atoms with Crippen molar-refractivity contribution in [2.75, 3.05) is 5.32 Å². The number of halogens is 4. The maximum Gasteiger partial charge on any atom is 0.171 e. The van der Waals surface area contributed by atoms with Crippen LogP contribution in [-0.2, 0) is 6.54 Å². The molecule has 2 aromatic carbocycles. The van der Waals surface area contributed by atoms with Gasteiger partial charge in [-0.3, -0.25) is 0 Å². The molecule has 0 amide bonds. The van der Waals surface area contributed by atoms with Gasteiger partial charge in [0.1, 0.15) is 5.82 Å². The van der Waals surface area contributed by atoms with Crippen LogP contribution in [0, 0.1) is 5.82 Å². The van der Waals surface area contributed by atoms with Crippen molar-refractivity contribution in [3.63, 3.8) is 0 Å². The van der Waals surface area contributed by atoms with E-state index in [0.29, 0.717) is 27.4 Å². The summed E-state index contributed by atoms with van der Waals surface area (Å²) in [6.07, 6.45) is 0. The first-order chi connectivity index (χ1) is 9.95. The highest BCUT2D eigenvalue weighted by Crippen LogP contribution is 2.21. The molecule has 0 aliphatic rings. The van der Waals surface area contributed by atoms with Crippen molar-refractivity contribution >= 4 is 57.8 Å². The van der Waals surface area contributed by atoms with Crippen LogP contribution < -0.4 is 10.6 Å². The monoisotopic (exact) mass is 362 g/mol. The van der Waals surface area contributed by atoms with Gasteiger partial charge < -0.3 is 10.6 Å². The summed E-state index contributed by atoms with van der Waals surface area (Å²) in [5.41, 5.74) is 1.46. The lowest BCUT2D eigenvalue weighted by Crippen LogP contribution is -2.28. The third-order valence-electron chi connectivity index (χ3n) is 2.63. The normalized spacial score (nSPS) is 10.3. The maximum absolute atomic E-state index is 13.0. The molecule has 0 bridgehead atoms. The molecule has 0 heterocycles. The van der Waals surface area contributed by atoms with Crippen molar-refractivity contribution in [1.29, 1.82) is 0 Å². The van der Waals surface area contributed by atoms with Gasteiger partial charge in [-0.1, -0.05) is 40.9 Å². The lowest BCUT2D eigenvalue weighted by Gasteiger charge is -2.12. The van der Waals surface area contributed by atoms with Gasteiger partial charge in [-0.15, -0.1) is 0 Å². The Bertz CT molecular complexity index is 679. The zero-order valence-corrected chi connectivity index (χ0v) is 13.7. The predicted molar refractivity (Wildman–Crippen MR) is 90.9 cm³/mol. The first-order valence-electron chi connectivity index (χ1n) is 5.89. The smallest absolute Gasteiger partial charge is 0.171 e. The standard InChI is InChI=1S/C14H10Cl3FN2S/c15-9-2-1-8(11(16)5-9)7-19-14(21)20-10-3-4-13(18)12(17)6-10/h1-6H,7H2,(H2,19,20,21). The molecule has 0 fully saturated rings. The van der Waals surface area contributed by atoms with Crippen molar-refractivity contribution < 1.29 is 4.39 Å². The minimum Gasteiger partial charge on any atom is -0.358 e. The number of rotatable bonds is 3. The zero-order valence-electron chi connectivity index (χ0n) is 10.6. The predicted octanol–water partition coefficient (Wildman–Crippen LogP) is 5.27. The Labute approximate surface area is 142 Å². The zero-order chi connectivity index (χ0) is 15.4. The first-order valence-corrected chi connectivity index (χ1v) is 7.44. The van der Waals surface area contributed by atoms with Gasteiger partial charge in [0.15, 0.2) is 5.11 Å². The van der Waals surface area contributed by atoms with Crippen molar-refractivity contribution in [1.82, 2.24) is 5.32 Å². The van der Waals surface area contributed by atoms with Crippen LogP contribution in [0.5, 0.6) is 0 Å². The molecule has 0 radical (unpaired) electrons. The van der Waals surface area contributed by atoms with Gasteiger partial charge in [0.2, 0.25) is 0 Å². The van der Waals surface area contributed by atoms with E-state index < -0.39 is 5.82 Å². The van der Waals surface area contributed by atoms with E-state index in [-0.39, 0.29) is 5.02 Å². The molecule has 0 aliphatic carbocycles. The van der Waals surface area contributed by atoms with Gasteiger partial charge in [-0.25, -0.2) is 4.39 Å². The Balaban J connectivity index is 1.94. The Morgan fingerprint density at radius 3 is 2.48 bits per heavy atom. The molecule has 0 unspecified atom stereocenters. The van der Waals surface area contributed by atoms with E-state index in [1.807, 2.05) is 6.07 Å². The van der Waals surface area contributed by atoms with Crippen LogP contribution >= 0.6 is 47.0 Å². The molecule has 0 spiro atoms. The molecule has 2 rings (SSSR count). The van der Waals surface area contributed by atoms with Gasteiger partial charge in [0, 0.05) is 22.3 Å². The minimum atomic E-state index is -0.478. The molecule has 0 aliphatic heterocycles. The average Bonchev–Trinajstić information content (AvgIpc) is 2.42. The molecule has 7 heteroatoms. The van der Waals surface area contributed by atoms with E-state index in [4.69, 9.17) is 47.0 Å². The number of benzene rings is 2. The van der Waals surface area contributed by atoms with Crippen LogP contribution in [0.3, 0.4) is 0 Å². The molecule has 0 atom stereocenters. The molecule has 2 aromatic rings. The molecule has 2 N–H and O–H groups in total. The van der Waals surface area contributed by atoms with Crippen molar-refractivity contribution in [2.24, 2.45) is 0 Å². The van der Waals surface area contributed by atoms with Crippen molar-refractivity contribution in [3.8, 4) is 0 Å². The maximum atomic E-state index is 13.0. The fourth-order valence-electron chi connectivity index (χ4n) is 1.59. The summed E-state index contributed by atoms with van der Waals surface area (Å²) in [5.74, 6) is -0.478. The van der Waals surface area contributed by atoms with Crippen molar-refractivity contribution in [2.45, 2.75) is 6.54 Å². The van der Waals surface area contributed by atoms with Crippen LogP contribution in [0.4, 0.5) is 10.1 Å². The molecular weight excluding hydrogens is 354 g/mol. The van der Waals surface area contributed by atoms with Gasteiger partial charge >= 0.3 is 0 Å². The Kier molecular flexibility index (Phi) is 5.65. The molecule has 21 heavy (non-hydrogen) atoms. The number of hydrogen-bond donors (Lipinski definition) is 2. The van der Waals surface area contributed by atoms with Crippen LogP contribution in [0.15, 0.2) is 36.4 Å². The Morgan fingerprint density at radius 1 is 1.05 bits per heavy atom. The average molecular weight is 364 g/mol. The lowest BCUT2D eigenvalue weighted by molar-refractivity contribution is 0.628. The van der Waals surface area contributed by atoms with Crippen LogP contribution in [0.25, 0.3) is 0 Å². The first kappa shape index (κ1) is 16.3. The second kappa shape index (κ2) is 7.27. The summed E-state index contributed by atoms with van der Waals surface area (Å²) in [6, 6.07) is 9.50. The highest BCUT2D eigenvalue weighted by Gasteiger charge is 2.04. The third kappa shape index (κ3) is 4.71. The van der Waals surface area contributed by atoms with E-state index in [0.717, 1.165) is 5.56 Å². The molecule has 110 valence electrons. The topological polar surface area (TPSA) is 24.1 Å². The fourth-order valence-corrected chi connectivity index (χ4v) is 2.44. The van der Waals surface area contributed by atoms with Crippen molar-refractivity contribution in [3.05, 3.63) is 62.8 Å². The summed E-state index contributed by atoms with van der Waals surface area (Å²) in [6.45, 7) is 0.441. The molecule has 0 aromatic heterocycles. The third-order valence-corrected chi connectivity index (χ3v) is 3.75. The summed E-state index contributed by atoms with van der Waals surface area (Å²) in [7, 11) is 0. The molecule has 2 nitrogen and oxygen atoms in total. The Hall–Kier alpha value is -1.07. The lowest BCUT2D eigenvalue weighted by atomic mass is 10.2. The largest absolute Gasteiger partial charge is 0.358 e. The van der Waals surface area contributed by atoms with Crippen LogP contribution in [-0.4, -0.2) is 5.11 Å². The van der Waals surface area contributed by atoms with Gasteiger partial charge in [0.05, 0.1) is 5.02 Å². The Morgan fingerprint density at radius 2 is 1.81 bits per heavy atom. The van der Waals surface area contributed by atoms with Crippen LogP contribution in [0.1, 0.15) is 5.56 Å². The number of nitrogens with one attached hydrogen (secondary N) is 2. The molecule has 0 saturated heterocycles.